The highest BCUT2D eigenvalue weighted by molar-refractivity contribution is 5.23. The first-order valence-electron chi connectivity index (χ1n) is 3.93. The van der Waals surface area contributed by atoms with E-state index < -0.39 is 11.9 Å². The molecule has 0 aliphatic carbocycles. The molecule has 0 saturated carbocycles. The van der Waals surface area contributed by atoms with Gasteiger partial charge in [-0.1, -0.05) is 13.8 Å². The predicted molar refractivity (Wildman–Crippen MR) is 42.3 cm³/mol. The third-order valence-corrected chi connectivity index (χ3v) is 1.75. The quantitative estimate of drug-likeness (QED) is 0.668. The van der Waals surface area contributed by atoms with Crippen LogP contribution >= 0.6 is 0 Å². The Hall–Kier alpha value is -1.00. The summed E-state index contributed by atoms with van der Waals surface area (Å²) in [4.78, 5) is 0. The fourth-order valence-corrected chi connectivity index (χ4v) is 1.15. The normalized spacial score (nSPS) is 12.5. The number of rotatable bonds is 1. The van der Waals surface area contributed by atoms with Crippen LogP contribution in [0.25, 0.3) is 0 Å². The zero-order chi connectivity index (χ0) is 10.2. The molecule has 0 spiro atoms. The summed E-state index contributed by atoms with van der Waals surface area (Å²) in [6, 6.07) is 0. The van der Waals surface area contributed by atoms with Crippen LogP contribution in [0.15, 0.2) is 6.20 Å². The van der Waals surface area contributed by atoms with Gasteiger partial charge in [0.15, 0.2) is 5.69 Å². The van der Waals surface area contributed by atoms with Gasteiger partial charge in [0.05, 0.1) is 0 Å². The van der Waals surface area contributed by atoms with Crippen molar-refractivity contribution in [3.63, 3.8) is 0 Å². The summed E-state index contributed by atoms with van der Waals surface area (Å²) in [7, 11) is 1.49. The molecule has 1 aromatic heterocycles. The van der Waals surface area contributed by atoms with Crippen LogP contribution in [0.3, 0.4) is 0 Å². The van der Waals surface area contributed by atoms with Crippen molar-refractivity contribution in [2.24, 2.45) is 7.05 Å². The molecule has 1 rings (SSSR count). The molecule has 0 radical (unpaired) electrons. The van der Waals surface area contributed by atoms with E-state index in [1.54, 1.807) is 13.8 Å². The maximum atomic E-state index is 12.3. The Balaban J connectivity index is 3.20. The van der Waals surface area contributed by atoms with Gasteiger partial charge in [-0.15, -0.1) is 0 Å². The van der Waals surface area contributed by atoms with Gasteiger partial charge in [-0.3, -0.25) is 4.68 Å². The van der Waals surface area contributed by atoms with E-state index in [0.29, 0.717) is 0 Å². The minimum atomic E-state index is -4.35. The van der Waals surface area contributed by atoms with E-state index in [4.69, 9.17) is 0 Å². The van der Waals surface area contributed by atoms with Gasteiger partial charge in [-0.25, -0.2) is 0 Å². The molecule has 0 unspecified atom stereocenters. The maximum Gasteiger partial charge on any atom is 0.435 e. The summed E-state index contributed by atoms with van der Waals surface area (Å²) < 4.78 is 38.2. The molecule has 0 aliphatic rings. The van der Waals surface area contributed by atoms with Crippen LogP contribution < -0.4 is 0 Å². The van der Waals surface area contributed by atoms with Crippen molar-refractivity contribution < 1.29 is 13.2 Å². The molecule has 13 heavy (non-hydrogen) atoms. The number of halogens is 3. The molecule has 5 heteroatoms. The monoisotopic (exact) mass is 192 g/mol. The molecule has 0 saturated heterocycles. The molecular weight excluding hydrogens is 181 g/mol. The molecule has 74 valence electrons. The molecule has 0 aromatic carbocycles. The summed E-state index contributed by atoms with van der Waals surface area (Å²) >= 11 is 0. The van der Waals surface area contributed by atoms with Crippen LogP contribution in [0.4, 0.5) is 13.2 Å². The molecule has 0 bridgehead atoms. The second-order valence-electron chi connectivity index (χ2n) is 3.26. The van der Waals surface area contributed by atoms with E-state index in [9.17, 15) is 13.2 Å². The lowest BCUT2D eigenvalue weighted by atomic mass is 10.0. The SMILES string of the molecule is CC(C)c1cn(C)nc1C(F)(F)F. The van der Waals surface area contributed by atoms with Crippen molar-refractivity contribution in [3.05, 3.63) is 17.5 Å². The predicted octanol–water partition coefficient (Wildman–Crippen LogP) is 2.56. The second-order valence-corrected chi connectivity index (χ2v) is 3.26. The molecule has 0 N–H and O–H groups in total. The van der Waals surface area contributed by atoms with E-state index >= 15 is 0 Å². The lowest BCUT2D eigenvalue weighted by molar-refractivity contribution is -0.142. The molecule has 2 nitrogen and oxygen atoms in total. The van der Waals surface area contributed by atoms with E-state index in [-0.39, 0.29) is 11.5 Å². The Bertz CT molecular complexity index is 299. The zero-order valence-corrected chi connectivity index (χ0v) is 7.68. The zero-order valence-electron chi connectivity index (χ0n) is 7.68. The van der Waals surface area contributed by atoms with Crippen molar-refractivity contribution >= 4 is 0 Å². The van der Waals surface area contributed by atoms with Crippen LogP contribution in [-0.4, -0.2) is 9.78 Å². The van der Waals surface area contributed by atoms with Crippen molar-refractivity contribution in [1.29, 1.82) is 0 Å². The highest BCUT2D eigenvalue weighted by Gasteiger charge is 2.37. The van der Waals surface area contributed by atoms with E-state index in [2.05, 4.69) is 5.10 Å². The molecule has 0 atom stereocenters. The topological polar surface area (TPSA) is 17.8 Å². The molecule has 0 fully saturated rings. The van der Waals surface area contributed by atoms with Gasteiger partial charge in [0.1, 0.15) is 0 Å². The van der Waals surface area contributed by atoms with Gasteiger partial charge >= 0.3 is 6.18 Å². The highest BCUT2D eigenvalue weighted by Crippen LogP contribution is 2.33. The van der Waals surface area contributed by atoms with Crippen LogP contribution in [0.1, 0.15) is 31.0 Å². The van der Waals surface area contributed by atoms with Gasteiger partial charge in [0.25, 0.3) is 0 Å². The molecular formula is C8H11F3N2. The molecule has 1 aromatic rings. The summed E-state index contributed by atoms with van der Waals surface area (Å²) in [5.74, 6) is -0.162. The summed E-state index contributed by atoms with van der Waals surface area (Å²) in [6.07, 6.45) is -2.94. The Morgan fingerprint density at radius 1 is 1.38 bits per heavy atom. The minimum Gasteiger partial charge on any atom is -0.275 e. The Morgan fingerprint density at radius 3 is 2.23 bits per heavy atom. The maximum absolute atomic E-state index is 12.3. The molecule has 0 aliphatic heterocycles. The Morgan fingerprint density at radius 2 is 1.92 bits per heavy atom. The molecule has 0 amide bonds. The fraction of sp³-hybridized carbons (Fsp3) is 0.625. The number of nitrogens with zero attached hydrogens (tertiary/aromatic N) is 2. The summed E-state index contributed by atoms with van der Waals surface area (Å²) in [6.45, 7) is 3.43. The average molecular weight is 192 g/mol. The Kier molecular flexibility index (Phi) is 2.36. The van der Waals surface area contributed by atoms with Gasteiger partial charge in [-0.2, -0.15) is 18.3 Å². The third kappa shape index (κ3) is 2.02. The van der Waals surface area contributed by atoms with Crippen molar-refractivity contribution in [1.82, 2.24) is 9.78 Å². The lowest BCUT2D eigenvalue weighted by Gasteiger charge is -2.07. The van der Waals surface area contributed by atoms with Crippen LogP contribution in [0, 0.1) is 0 Å². The second kappa shape index (κ2) is 3.05. The smallest absolute Gasteiger partial charge is 0.275 e. The van der Waals surface area contributed by atoms with E-state index in [0.717, 1.165) is 0 Å². The van der Waals surface area contributed by atoms with Crippen LogP contribution in [0.2, 0.25) is 0 Å². The Labute approximate surface area is 74.4 Å². The average Bonchev–Trinajstić information content (AvgIpc) is 2.29. The van der Waals surface area contributed by atoms with Crippen LogP contribution in [-0.2, 0) is 13.2 Å². The van der Waals surface area contributed by atoms with Crippen molar-refractivity contribution in [2.75, 3.05) is 0 Å². The number of aromatic nitrogens is 2. The summed E-state index contributed by atoms with van der Waals surface area (Å²) in [5, 5.41) is 3.39. The summed E-state index contributed by atoms with van der Waals surface area (Å²) in [5.41, 5.74) is -0.528. The highest BCUT2D eigenvalue weighted by atomic mass is 19.4. The van der Waals surface area contributed by atoms with Gasteiger partial charge in [0.2, 0.25) is 0 Å². The van der Waals surface area contributed by atoms with E-state index in [1.165, 1.54) is 17.9 Å². The van der Waals surface area contributed by atoms with Gasteiger partial charge in [0, 0.05) is 18.8 Å². The molecule has 1 heterocycles. The first-order chi connectivity index (χ1) is 5.82. The standard InChI is InChI=1S/C8H11F3N2/c1-5(2)6-4-13(3)12-7(6)8(9,10)11/h4-5H,1-3H3. The van der Waals surface area contributed by atoms with Gasteiger partial charge in [-0.05, 0) is 5.92 Å². The largest absolute Gasteiger partial charge is 0.435 e. The van der Waals surface area contributed by atoms with Gasteiger partial charge < -0.3 is 0 Å². The minimum absolute atomic E-state index is 0.162. The number of hydrogen-bond donors (Lipinski definition) is 0. The third-order valence-electron chi connectivity index (χ3n) is 1.75. The van der Waals surface area contributed by atoms with E-state index in [1.807, 2.05) is 0 Å². The number of aryl methyl sites for hydroxylation is 1. The first kappa shape index (κ1) is 10.1. The number of hydrogen-bond acceptors (Lipinski definition) is 1. The lowest BCUT2D eigenvalue weighted by Crippen LogP contribution is -2.10. The van der Waals surface area contributed by atoms with Crippen molar-refractivity contribution in [3.8, 4) is 0 Å². The fourth-order valence-electron chi connectivity index (χ4n) is 1.15. The number of alkyl halides is 3. The van der Waals surface area contributed by atoms with Crippen LogP contribution in [0.5, 0.6) is 0 Å². The van der Waals surface area contributed by atoms with Crippen molar-refractivity contribution in [2.45, 2.75) is 25.9 Å². The first-order valence-corrected chi connectivity index (χ1v) is 3.93.